The summed E-state index contributed by atoms with van der Waals surface area (Å²) >= 11 is 1.58. The average molecular weight is 287 g/mol. The van der Waals surface area contributed by atoms with Crippen molar-refractivity contribution in [2.24, 2.45) is 0 Å². The molecule has 1 aliphatic heterocycles. The molecule has 0 fully saturated rings. The summed E-state index contributed by atoms with van der Waals surface area (Å²) in [7, 11) is 0. The maximum Gasteiger partial charge on any atom is 0.251 e. The summed E-state index contributed by atoms with van der Waals surface area (Å²) in [6.45, 7) is 3.50. The molecule has 4 nitrogen and oxygen atoms in total. The highest BCUT2D eigenvalue weighted by atomic mass is 32.1. The first kappa shape index (κ1) is 13.1. The Morgan fingerprint density at radius 3 is 3.20 bits per heavy atom. The van der Waals surface area contributed by atoms with Gasteiger partial charge in [-0.1, -0.05) is 6.07 Å². The van der Waals surface area contributed by atoms with Gasteiger partial charge in [-0.25, -0.2) is 4.98 Å². The van der Waals surface area contributed by atoms with Crippen LogP contribution in [0.5, 0.6) is 0 Å². The van der Waals surface area contributed by atoms with Crippen molar-refractivity contribution in [1.29, 1.82) is 0 Å². The summed E-state index contributed by atoms with van der Waals surface area (Å²) in [5.41, 5.74) is 5.82. The first-order chi connectivity index (χ1) is 9.75. The Balaban J connectivity index is 1.76. The van der Waals surface area contributed by atoms with E-state index in [1.807, 2.05) is 30.6 Å². The largest absolute Gasteiger partial charge is 0.385 e. The highest BCUT2D eigenvalue weighted by molar-refractivity contribution is 7.09. The summed E-state index contributed by atoms with van der Waals surface area (Å²) in [5, 5.41) is 6.34. The van der Waals surface area contributed by atoms with E-state index in [9.17, 15) is 4.79 Å². The molecule has 0 atom stereocenters. The molecular weight excluding hydrogens is 270 g/mol. The highest BCUT2D eigenvalue weighted by Crippen LogP contribution is 2.25. The van der Waals surface area contributed by atoms with Gasteiger partial charge in [0.1, 0.15) is 0 Å². The standard InChI is InChI=1S/C15H17N3OS/c1-10-14(20-9-18-10)8-17-15(19)12-4-2-6-13-11(12)5-3-7-16-13/h2,4,6,9,16H,3,5,7-8H2,1H3,(H,17,19). The monoisotopic (exact) mass is 287 g/mol. The molecule has 5 heteroatoms. The molecule has 2 N–H and O–H groups in total. The summed E-state index contributed by atoms with van der Waals surface area (Å²) < 4.78 is 0. The van der Waals surface area contributed by atoms with Crippen LogP contribution in [0.15, 0.2) is 23.7 Å². The lowest BCUT2D eigenvalue weighted by atomic mass is 9.97. The number of anilines is 1. The van der Waals surface area contributed by atoms with Crippen LogP contribution in [0, 0.1) is 6.92 Å². The molecule has 2 heterocycles. The van der Waals surface area contributed by atoms with Crippen molar-refractivity contribution in [2.75, 3.05) is 11.9 Å². The van der Waals surface area contributed by atoms with Gasteiger partial charge in [-0.2, -0.15) is 0 Å². The second kappa shape index (κ2) is 5.63. The van der Waals surface area contributed by atoms with Crippen LogP contribution in [0.1, 0.15) is 32.9 Å². The number of nitrogens with zero attached hydrogens (tertiary/aromatic N) is 1. The van der Waals surface area contributed by atoms with E-state index in [0.29, 0.717) is 6.54 Å². The van der Waals surface area contributed by atoms with Crippen LogP contribution < -0.4 is 10.6 Å². The Labute approximate surface area is 122 Å². The summed E-state index contributed by atoms with van der Waals surface area (Å²) in [4.78, 5) is 17.7. The van der Waals surface area contributed by atoms with Gasteiger partial charge in [0.25, 0.3) is 5.91 Å². The van der Waals surface area contributed by atoms with Crippen LogP contribution in [-0.4, -0.2) is 17.4 Å². The summed E-state index contributed by atoms with van der Waals surface area (Å²) in [6.07, 6.45) is 2.04. The van der Waals surface area contributed by atoms with Gasteiger partial charge < -0.3 is 10.6 Å². The number of aromatic nitrogens is 1. The van der Waals surface area contributed by atoms with Crippen molar-refractivity contribution in [3.8, 4) is 0 Å². The number of benzene rings is 1. The number of carbonyl (C=O) groups excluding carboxylic acids is 1. The lowest BCUT2D eigenvalue weighted by molar-refractivity contribution is 0.0950. The van der Waals surface area contributed by atoms with Gasteiger partial charge in [0.2, 0.25) is 0 Å². The second-order valence-electron chi connectivity index (χ2n) is 4.91. The van der Waals surface area contributed by atoms with Gasteiger partial charge in [-0.15, -0.1) is 11.3 Å². The maximum atomic E-state index is 12.4. The zero-order chi connectivity index (χ0) is 13.9. The second-order valence-corrected chi connectivity index (χ2v) is 5.84. The van der Waals surface area contributed by atoms with Crippen LogP contribution in [0.25, 0.3) is 0 Å². The molecule has 2 aromatic rings. The zero-order valence-corrected chi connectivity index (χ0v) is 12.2. The normalized spacial score (nSPS) is 13.4. The number of thiazole rings is 1. The third kappa shape index (κ3) is 2.54. The number of amides is 1. The molecule has 0 bridgehead atoms. The maximum absolute atomic E-state index is 12.4. The predicted octanol–water partition coefficient (Wildman–Crippen LogP) is 2.74. The fraction of sp³-hybridized carbons (Fsp3) is 0.333. The number of hydrogen-bond acceptors (Lipinski definition) is 4. The van der Waals surface area contributed by atoms with Crippen molar-refractivity contribution in [1.82, 2.24) is 10.3 Å². The van der Waals surface area contributed by atoms with Crippen LogP contribution in [0.2, 0.25) is 0 Å². The number of rotatable bonds is 3. The van der Waals surface area contributed by atoms with Crippen LogP contribution in [0.4, 0.5) is 5.69 Å². The molecule has 0 unspecified atom stereocenters. The molecule has 1 amide bonds. The quantitative estimate of drug-likeness (QED) is 0.912. The molecule has 20 heavy (non-hydrogen) atoms. The minimum absolute atomic E-state index is 0.00153. The van der Waals surface area contributed by atoms with Crippen molar-refractivity contribution in [3.05, 3.63) is 45.4 Å². The van der Waals surface area contributed by atoms with Crippen LogP contribution in [0.3, 0.4) is 0 Å². The fourth-order valence-corrected chi connectivity index (χ4v) is 3.19. The average Bonchev–Trinajstić information content (AvgIpc) is 2.89. The van der Waals surface area contributed by atoms with Crippen molar-refractivity contribution < 1.29 is 4.79 Å². The molecule has 0 saturated heterocycles. The smallest absolute Gasteiger partial charge is 0.251 e. The first-order valence-corrected chi connectivity index (χ1v) is 7.66. The number of fused-ring (bicyclic) bond motifs is 1. The number of hydrogen-bond donors (Lipinski definition) is 2. The SMILES string of the molecule is Cc1ncsc1CNC(=O)c1cccc2c1CCCN2. The highest BCUT2D eigenvalue weighted by Gasteiger charge is 2.17. The van der Waals surface area contributed by atoms with E-state index in [4.69, 9.17) is 0 Å². The molecule has 1 aliphatic rings. The van der Waals surface area contributed by atoms with E-state index >= 15 is 0 Å². The summed E-state index contributed by atoms with van der Waals surface area (Å²) in [6, 6.07) is 5.88. The van der Waals surface area contributed by atoms with Gasteiger partial charge in [0, 0.05) is 22.7 Å². The minimum atomic E-state index is -0.00153. The predicted molar refractivity (Wildman–Crippen MR) is 81.3 cm³/mol. The third-order valence-electron chi connectivity index (χ3n) is 3.59. The Hall–Kier alpha value is -1.88. The van der Waals surface area contributed by atoms with E-state index in [0.717, 1.165) is 46.8 Å². The molecule has 1 aromatic heterocycles. The van der Waals surface area contributed by atoms with E-state index in [1.165, 1.54) is 0 Å². The van der Waals surface area contributed by atoms with Gasteiger partial charge in [0.15, 0.2) is 0 Å². The van der Waals surface area contributed by atoms with E-state index in [-0.39, 0.29) is 5.91 Å². The Morgan fingerprint density at radius 2 is 2.40 bits per heavy atom. The van der Waals surface area contributed by atoms with E-state index in [1.54, 1.807) is 11.3 Å². The number of aryl methyl sites for hydroxylation is 1. The molecule has 0 radical (unpaired) electrons. The van der Waals surface area contributed by atoms with Gasteiger partial charge >= 0.3 is 0 Å². The van der Waals surface area contributed by atoms with Gasteiger partial charge in [-0.3, -0.25) is 4.79 Å². The Morgan fingerprint density at radius 1 is 1.50 bits per heavy atom. The fourth-order valence-electron chi connectivity index (χ4n) is 2.47. The van der Waals surface area contributed by atoms with Gasteiger partial charge in [0.05, 0.1) is 17.7 Å². The molecular formula is C15H17N3OS. The Bertz CT molecular complexity index is 636. The minimum Gasteiger partial charge on any atom is -0.385 e. The first-order valence-electron chi connectivity index (χ1n) is 6.78. The lowest BCUT2D eigenvalue weighted by Gasteiger charge is -2.20. The van der Waals surface area contributed by atoms with Crippen molar-refractivity contribution in [2.45, 2.75) is 26.3 Å². The molecule has 104 valence electrons. The van der Waals surface area contributed by atoms with Gasteiger partial charge in [-0.05, 0) is 37.5 Å². The Kier molecular flexibility index (Phi) is 3.69. The van der Waals surface area contributed by atoms with Crippen LogP contribution in [-0.2, 0) is 13.0 Å². The molecule has 3 rings (SSSR count). The van der Waals surface area contributed by atoms with E-state index in [2.05, 4.69) is 15.6 Å². The zero-order valence-electron chi connectivity index (χ0n) is 11.4. The summed E-state index contributed by atoms with van der Waals surface area (Å²) in [5.74, 6) is -0.00153. The molecule has 0 aliphatic carbocycles. The number of carbonyl (C=O) groups is 1. The van der Waals surface area contributed by atoms with E-state index < -0.39 is 0 Å². The van der Waals surface area contributed by atoms with Crippen molar-refractivity contribution >= 4 is 22.9 Å². The molecule has 0 saturated carbocycles. The third-order valence-corrected chi connectivity index (χ3v) is 4.53. The van der Waals surface area contributed by atoms with Crippen molar-refractivity contribution in [3.63, 3.8) is 0 Å². The topological polar surface area (TPSA) is 54.0 Å². The number of nitrogens with one attached hydrogen (secondary N) is 2. The molecule has 0 spiro atoms. The lowest BCUT2D eigenvalue weighted by Crippen LogP contribution is -2.25. The van der Waals surface area contributed by atoms with Crippen LogP contribution >= 0.6 is 11.3 Å². The molecule has 1 aromatic carbocycles.